The van der Waals surface area contributed by atoms with E-state index in [1.165, 1.54) is 4.90 Å². The van der Waals surface area contributed by atoms with Gasteiger partial charge in [-0.1, -0.05) is 24.3 Å². The van der Waals surface area contributed by atoms with E-state index in [4.69, 9.17) is 20.4 Å². The van der Waals surface area contributed by atoms with Crippen molar-refractivity contribution in [3.05, 3.63) is 78.6 Å². The van der Waals surface area contributed by atoms with Crippen molar-refractivity contribution in [2.75, 3.05) is 11.4 Å². The van der Waals surface area contributed by atoms with E-state index in [9.17, 15) is 27.6 Å². The summed E-state index contributed by atoms with van der Waals surface area (Å²) in [5.41, 5.74) is 10.8. The largest absolute Gasteiger partial charge is 0.490 e. The lowest BCUT2D eigenvalue weighted by Gasteiger charge is -2.32. The van der Waals surface area contributed by atoms with Crippen LogP contribution in [-0.2, 0) is 25.5 Å². The van der Waals surface area contributed by atoms with Crippen LogP contribution in [0.25, 0.3) is 33.5 Å². The maximum absolute atomic E-state index is 14.1. The molecular weight excluding hydrogens is 735 g/mol. The standard InChI is InChI=1S/C36H41N9O4.C2HF3O2/c1-36(2,3)49-35(48)40-20-23-6-10-26(11-7-23)33(46)45(29-14-12-25(13-15-29)32-41-43-44-42-32)34(47)30(37)18-22-4-8-24(9-5-22)28-19-27-16-17-38-31(27)39-21-28;3-2(4,5)1(6)7/h4-5,8-9,12-17,19,21,23,26,30H,6-7,10-11,18,20,37H2,1-3H3,(H,38,39)(H,40,48)(H,41,42,43,44);(H,6,7)/t23?,26?,30-;/m0./s1. The molecule has 1 fully saturated rings. The summed E-state index contributed by atoms with van der Waals surface area (Å²) in [5, 5.41) is 25.1. The Morgan fingerprint density at radius 1 is 0.964 bits per heavy atom. The van der Waals surface area contributed by atoms with Crippen molar-refractivity contribution < 1.29 is 42.2 Å². The van der Waals surface area contributed by atoms with E-state index in [2.05, 4.69) is 42.0 Å². The van der Waals surface area contributed by atoms with Crippen molar-refractivity contribution in [2.45, 2.75) is 70.7 Å². The number of carbonyl (C=O) groups is 4. The zero-order chi connectivity index (χ0) is 40.6. The summed E-state index contributed by atoms with van der Waals surface area (Å²) < 4.78 is 37.1. The zero-order valence-corrected chi connectivity index (χ0v) is 30.8. The molecule has 1 saturated carbocycles. The fourth-order valence-electron chi connectivity index (χ4n) is 6.18. The van der Waals surface area contributed by atoms with E-state index in [1.807, 2.05) is 63.5 Å². The second-order valence-electron chi connectivity index (χ2n) is 14.3. The highest BCUT2D eigenvalue weighted by Gasteiger charge is 2.38. The SMILES string of the molecule is CC(C)(C)OC(=O)NCC1CCC(C(=O)N(C(=O)[C@@H](N)Cc2ccc(-c3cnc4[nH]ccc4c3)cc2)c2ccc(-c3nn[nH]n3)cc2)CC1.O=C(O)C(F)(F)F. The minimum absolute atomic E-state index is 0.209. The number of amides is 3. The monoisotopic (exact) mass is 777 g/mol. The molecule has 6 N–H and O–H groups in total. The van der Waals surface area contributed by atoms with Crippen molar-refractivity contribution >= 4 is 40.6 Å². The third kappa shape index (κ3) is 11.0. The lowest BCUT2D eigenvalue weighted by molar-refractivity contribution is -0.192. The van der Waals surface area contributed by atoms with Gasteiger partial charge in [-0.25, -0.2) is 19.5 Å². The van der Waals surface area contributed by atoms with Gasteiger partial charge >= 0.3 is 18.2 Å². The number of H-pyrrole nitrogens is 2. The number of nitrogens with two attached hydrogens (primary N) is 1. The molecule has 0 saturated heterocycles. The highest BCUT2D eigenvalue weighted by atomic mass is 19.4. The third-order valence-electron chi connectivity index (χ3n) is 9.00. The van der Waals surface area contributed by atoms with Gasteiger partial charge in [-0.15, -0.1) is 10.2 Å². The van der Waals surface area contributed by atoms with Crippen LogP contribution in [0.5, 0.6) is 0 Å². The number of pyridine rings is 1. The average Bonchev–Trinajstić information content (AvgIpc) is 3.87. The molecule has 3 amide bonds. The Hall–Kier alpha value is -6.17. The number of aliphatic carboxylic acids is 1. The summed E-state index contributed by atoms with van der Waals surface area (Å²) in [4.78, 5) is 58.0. The Balaban J connectivity index is 0.000000784. The number of aromatic amines is 2. The Morgan fingerprint density at radius 2 is 1.61 bits per heavy atom. The predicted octanol–water partition coefficient (Wildman–Crippen LogP) is 5.80. The summed E-state index contributed by atoms with van der Waals surface area (Å²) >= 11 is 0. The number of alkyl halides is 3. The fraction of sp³-hybridized carbons (Fsp3) is 0.368. The van der Waals surface area contributed by atoms with Gasteiger partial charge in [0.25, 0.3) is 5.91 Å². The summed E-state index contributed by atoms with van der Waals surface area (Å²) in [6.45, 7) is 5.93. The average molecular weight is 778 g/mol. The van der Waals surface area contributed by atoms with Gasteiger partial charge in [0, 0.05) is 41.4 Å². The molecule has 0 radical (unpaired) electrons. The number of carbonyl (C=O) groups excluding carboxylic acids is 3. The molecule has 0 aliphatic heterocycles. The summed E-state index contributed by atoms with van der Waals surface area (Å²) in [6.07, 6.45) is 1.03. The summed E-state index contributed by atoms with van der Waals surface area (Å²) in [6, 6.07) is 17.9. The zero-order valence-electron chi connectivity index (χ0n) is 30.8. The number of benzene rings is 2. The first kappa shape index (κ1) is 41.0. The van der Waals surface area contributed by atoms with Crippen molar-refractivity contribution in [3.63, 3.8) is 0 Å². The molecule has 5 aromatic rings. The van der Waals surface area contributed by atoms with E-state index in [1.54, 1.807) is 24.3 Å². The van der Waals surface area contributed by atoms with Gasteiger partial charge in [0.1, 0.15) is 11.2 Å². The maximum Gasteiger partial charge on any atom is 0.490 e. The molecule has 2 aromatic carbocycles. The first-order valence-electron chi connectivity index (χ1n) is 17.7. The number of anilines is 1. The van der Waals surface area contributed by atoms with Gasteiger partial charge in [0.05, 0.1) is 11.7 Å². The number of fused-ring (bicyclic) bond motifs is 1. The van der Waals surface area contributed by atoms with Crippen molar-refractivity contribution in [1.82, 2.24) is 35.9 Å². The van der Waals surface area contributed by atoms with Gasteiger partial charge in [0.15, 0.2) is 0 Å². The quantitative estimate of drug-likeness (QED) is 0.120. The number of hydrogen-bond acceptors (Lipinski definition) is 10. The van der Waals surface area contributed by atoms with Gasteiger partial charge in [-0.05, 0) is 112 Å². The Labute approximate surface area is 319 Å². The Bertz CT molecular complexity index is 2110. The molecule has 0 bridgehead atoms. The third-order valence-corrected chi connectivity index (χ3v) is 9.00. The number of imide groups is 1. The number of rotatable bonds is 9. The normalized spacial score (nSPS) is 16.3. The first-order chi connectivity index (χ1) is 26.5. The molecule has 1 aliphatic rings. The fourth-order valence-corrected chi connectivity index (χ4v) is 6.18. The minimum Gasteiger partial charge on any atom is -0.475 e. The summed E-state index contributed by atoms with van der Waals surface area (Å²) in [7, 11) is 0. The van der Waals surface area contributed by atoms with Crippen LogP contribution in [-0.4, -0.2) is 83.9 Å². The highest BCUT2D eigenvalue weighted by Crippen LogP contribution is 2.32. The topological polar surface area (TPSA) is 222 Å². The molecule has 6 rings (SSSR count). The molecule has 3 heterocycles. The molecule has 3 aromatic heterocycles. The number of ether oxygens (including phenoxy) is 1. The highest BCUT2D eigenvalue weighted by molar-refractivity contribution is 6.17. The number of hydrogen-bond donors (Lipinski definition) is 5. The number of alkyl carbamates (subject to hydrolysis) is 1. The van der Waals surface area contributed by atoms with Gasteiger partial charge < -0.3 is 25.9 Å². The van der Waals surface area contributed by atoms with E-state index < -0.39 is 35.8 Å². The predicted molar refractivity (Wildman–Crippen MR) is 199 cm³/mol. The van der Waals surface area contributed by atoms with Gasteiger partial charge in [-0.2, -0.15) is 18.4 Å². The Morgan fingerprint density at radius 3 is 2.20 bits per heavy atom. The van der Waals surface area contributed by atoms with Crippen LogP contribution < -0.4 is 16.0 Å². The van der Waals surface area contributed by atoms with Crippen molar-refractivity contribution in [3.8, 4) is 22.5 Å². The second kappa shape index (κ2) is 17.5. The lowest BCUT2D eigenvalue weighted by Crippen LogP contribution is -2.50. The van der Waals surface area contributed by atoms with Crippen LogP contribution in [0.1, 0.15) is 52.0 Å². The van der Waals surface area contributed by atoms with E-state index in [0.717, 1.165) is 40.6 Å². The number of nitrogens with zero attached hydrogens (tertiary/aromatic N) is 5. The first-order valence-corrected chi connectivity index (χ1v) is 17.7. The Kier molecular flexibility index (Phi) is 12.8. The molecule has 15 nitrogen and oxygen atoms in total. The molecule has 296 valence electrons. The number of nitrogens with one attached hydrogen (secondary N) is 3. The molecule has 1 atom stereocenters. The number of carboxylic acid groups (broad SMARTS) is 1. The molecular formula is C38H42F3N9O6. The van der Waals surface area contributed by atoms with Crippen LogP contribution in [0, 0.1) is 11.8 Å². The molecule has 56 heavy (non-hydrogen) atoms. The smallest absolute Gasteiger partial charge is 0.475 e. The van der Waals surface area contributed by atoms with E-state index >= 15 is 0 Å². The van der Waals surface area contributed by atoms with E-state index in [-0.39, 0.29) is 24.2 Å². The van der Waals surface area contributed by atoms with Crippen LogP contribution in [0.4, 0.5) is 23.7 Å². The lowest BCUT2D eigenvalue weighted by atomic mass is 9.81. The number of carboxylic acids is 1. The van der Waals surface area contributed by atoms with Crippen LogP contribution in [0.3, 0.4) is 0 Å². The van der Waals surface area contributed by atoms with Gasteiger partial charge in [0.2, 0.25) is 11.7 Å². The van der Waals surface area contributed by atoms with Crippen molar-refractivity contribution in [1.29, 1.82) is 0 Å². The van der Waals surface area contributed by atoms with Gasteiger partial charge in [-0.3, -0.25) is 9.59 Å². The molecule has 0 unspecified atom stereocenters. The second-order valence-corrected chi connectivity index (χ2v) is 14.3. The molecule has 18 heteroatoms. The summed E-state index contributed by atoms with van der Waals surface area (Å²) in [5.74, 6) is -3.27. The maximum atomic E-state index is 14.1. The molecule has 1 aliphatic carbocycles. The van der Waals surface area contributed by atoms with Crippen LogP contribution >= 0.6 is 0 Å². The van der Waals surface area contributed by atoms with Crippen LogP contribution in [0.2, 0.25) is 0 Å². The number of tetrazole rings is 1. The van der Waals surface area contributed by atoms with Crippen molar-refractivity contribution in [2.24, 2.45) is 17.6 Å². The molecule has 0 spiro atoms. The number of halogens is 3. The minimum atomic E-state index is -5.08. The van der Waals surface area contributed by atoms with E-state index in [0.29, 0.717) is 36.5 Å². The van der Waals surface area contributed by atoms with Crippen LogP contribution in [0.15, 0.2) is 73.1 Å². The number of aromatic nitrogens is 6.